The monoisotopic (exact) mass is 343 g/mol. The van der Waals surface area contributed by atoms with Crippen LogP contribution in [0.3, 0.4) is 0 Å². The second-order valence-electron chi connectivity index (χ2n) is 6.17. The van der Waals surface area contributed by atoms with Gasteiger partial charge < -0.3 is 4.90 Å². The number of amides is 1. The van der Waals surface area contributed by atoms with Gasteiger partial charge in [-0.15, -0.1) is 11.8 Å². The predicted molar refractivity (Wildman–Crippen MR) is 95.5 cm³/mol. The average molecular weight is 343 g/mol. The molecule has 1 amide bonds. The van der Waals surface area contributed by atoms with Crippen LogP contribution in [0.15, 0.2) is 40.0 Å². The Morgan fingerprint density at radius 2 is 2.08 bits per heavy atom. The maximum atomic E-state index is 12.7. The van der Waals surface area contributed by atoms with Crippen LogP contribution in [-0.4, -0.2) is 39.8 Å². The number of nitrogens with one attached hydrogen (secondary N) is 1. The summed E-state index contributed by atoms with van der Waals surface area (Å²) < 4.78 is 0. The third-order valence-corrected chi connectivity index (χ3v) is 5.73. The van der Waals surface area contributed by atoms with Gasteiger partial charge >= 0.3 is 0 Å². The number of benzene rings is 1. The van der Waals surface area contributed by atoms with Gasteiger partial charge in [0.05, 0.1) is 5.69 Å². The zero-order chi connectivity index (χ0) is 17.1. The van der Waals surface area contributed by atoms with Crippen molar-refractivity contribution in [3.05, 3.63) is 57.5 Å². The fourth-order valence-electron chi connectivity index (χ4n) is 2.93. The van der Waals surface area contributed by atoms with Crippen molar-refractivity contribution >= 4 is 17.7 Å². The number of aryl methyl sites for hydroxylation is 1. The van der Waals surface area contributed by atoms with Gasteiger partial charge in [-0.05, 0) is 43.9 Å². The first-order valence-electron chi connectivity index (χ1n) is 8.09. The molecule has 1 N–H and O–H groups in total. The van der Waals surface area contributed by atoms with E-state index in [9.17, 15) is 9.59 Å². The minimum atomic E-state index is -0.398. The Kier molecular flexibility index (Phi) is 5.04. The summed E-state index contributed by atoms with van der Waals surface area (Å²) in [5, 5.41) is 6.33. The topological polar surface area (TPSA) is 66.1 Å². The fourth-order valence-corrected chi connectivity index (χ4v) is 3.97. The van der Waals surface area contributed by atoms with Gasteiger partial charge in [-0.3, -0.25) is 9.59 Å². The molecule has 0 radical (unpaired) electrons. The largest absolute Gasteiger partial charge is 0.338 e. The zero-order valence-electron chi connectivity index (χ0n) is 13.9. The molecule has 1 atom stereocenters. The Labute approximate surface area is 145 Å². The summed E-state index contributed by atoms with van der Waals surface area (Å²) >= 11 is 1.82. The number of H-pyrrole nitrogens is 1. The van der Waals surface area contributed by atoms with Crippen LogP contribution in [0, 0.1) is 19.8 Å². The second kappa shape index (κ2) is 7.21. The minimum absolute atomic E-state index is 0.175. The summed E-state index contributed by atoms with van der Waals surface area (Å²) in [6, 6.07) is 10.3. The third kappa shape index (κ3) is 3.53. The number of carbonyl (C=O) groups is 1. The van der Waals surface area contributed by atoms with E-state index in [4.69, 9.17) is 0 Å². The van der Waals surface area contributed by atoms with Crippen LogP contribution in [0.5, 0.6) is 0 Å². The van der Waals surface area contributed by atoms with Crippen LogP contribution in [0.1, 0.15) is 28.0 Å². The maximum Gasteiger partial charge on any atom is 0.277 e. The molecule has 1 aliphatic rings. The van der Waals surface area contributed by atoms with Gasteiger partial charge in [0, 0.05) is 23.7 Å². The van der Waals surface area contributed by atoms with Gasteiger partial charge in [0.2, 0.25) is 0 Å². The van der Waals surface area contributed by atoms with Crippen molar-refractivity contribution < 1.29 is 4.79 Å². The molecule has 6 heteroatoms. The summed E-state index contributed by atoms with van der Waals surface area (Å²) in [4.78, 5) is 27.8. The number of carbonyl (C=O) groups excluding carboxylic acids is 1. The highest BCUT2D eigenvalue weighted by atomic mass is 32.2. The van der Waals surface area contributed by atoms with Crippen molar-refractivity contribution in [2.75, 3.05) is 18.8 Å². The summed E-state index contributed by atoms with van der Waals surface area (Å²) in [7, 11) is 0. The number of rotatable bonds is 4. The van der Waals surface area contributed by atoms with E-state index in [0.29, 0.717) is 30.3 Å². The van der Waals surface area contributed by atoms with Crippen molar-refractivity contribution in [2.45, 2.75) is 25.2 Å². The van der Waals surface area contributed by atoms with E-state index in [1.54, 1.807) is 18.7 Å². The highest BCUT2D eigenvalue weighted by molar-refractivity contribution is 7.99. The quantitative estimate of drug-likeness (QED) is 0.867. The molecule has 1 saturated heterocycles. The van der Waals surface area contributed by atoms with Crippen LogP contribution in [-0.2, 0) is 0 Å². The standard InChI is InChI=1S/C18H21N3O2S/c1-12-13(2)19-20-17(22)16(12)18(23)21-9-8-14(10-21)11-24-15-6-4-3-5-7-15/h3-7,14H,8-11H2,1-2H3,(H,20,22). The fraction of sp³-hybridized carbons (Fsp3) is 0.389. The van der Waals surface area contributed by atoms with Crippen molar-refractivity contribution in [2.24, 2.45) is 5.92 Å². The van der Waals surface area contributed by atoms with E-state index < -0.39 is 5.56 Å². The van der Waals surface area contributed by atoms with Gasteiger partial charge in [0.25, 0.3) is 11.5 Å². The van der Waals surface area contributed by atoms with E-state index in [-0.39, 0.29) is 11.5 Å². The van der Waals surface area contributed by atoms with E-state index in [0.717, 1.165) is 12.2 Å². The van der Waals surface area contributed by atoms with Crippen LogP contribution in [0.25, 0.3) is 0 Å². The van der Waals surface area contributed by atoms with Gasteiger partial charge in [-0.25, -0.2) is 5.10 Å². The van der Waals surface area contributed by atoms with Crippen LogP contribution >= 0.6 is 11.8 Å². The Hall–Kier alpha value is -2.08. The maximum absolute atomic E-state index is 12.7. The highest BCUT2D eigenvalue weighted by Crippen LogP contribution is 2.26. The normalized spacial score (nSPS) is 17.2. The van der Waals surface area contributed by atoms with E-state index in [2.05, 4.69) is 22.3 Å². The molecule has 0 spiro atoms. The minimum Gasteiger partial charge on any atom is -0.338 e. The molecular formula is C18H21N3O2S. The van der Waals surface area contributed by atoms with Crippen molar-refractivity contribution in [3.63, 3.8) is 0 Å². The lowest BCUT2D eigenvalue weighted by Gasteiger charge is -2.17. The smallest absolute Gasteiger partial charge is 0.277 e. The SMILES string of the molecule is Cc1n[nH]c(=O)c(C(=O)N2CCC(CSc3ccccc3)C2)c1C. The number of aromatic nitrogens is 2. The van der Waals surface area contributed by atoms with E-state index >= 15 is 0 Å². The molecule has 1 aromatic carbocycles. The van der Waals surface area contributed by atoms with Gasteiger partial charge in [0.1, 0.15) is 5.56 Å². The number of hydrogen-bond acceptors (Lipinski definition) is 4. The third-order valence-electron chi connectivity index (χ3n) is 4.49. The summed E-state index contributed by atoms with van der Waals surface area (Å²) in [6.45, 7) is 4.99. The first-order valence-corrected chi connectivity index (χ1v) is 9.08. The summed E-state index contributed by atoms with van der Waals surface area (Å²) in [6.07, 6.45) is 0.979. The highest BCUT2D eigenvalue weighted by Gasteiger charge is 2.29. The molecular weight excluding hydrogens is 322 g/mol. The molecule has 126 valence electrons. The first kappa shape index (κ1) is 16.8. The van der Waals surface area contributed by atoms with Crippen LogP contribution in [0.4, 0.5) is 0 Å². The summed E-state index contributed by atoms with van der Waals surface area (Å²) in [5.41, 5.74) is 1.20. The first-order chi connectivity index (χ1) is 11.6. The lowest BCUT2D eigenvalue weighted by atomic mass is 10.1. The predicted octanol–water partition coefficient (Wildman–Crippen LogP) is 2.64. The van der Waals surface area contributed by atoms with E-state index in [1.807, 2.05) is 30.0 Å². The second-order valence-corrected chi connectivity index (χ2v) is 7.26. The van der Waals surface area contributed by atoms with Gasteiger partial charge in [0.15, 0.2) is 0 Å². The molecule has 1 unspecified atom stereocenters. The molecule has 3 rings (SSSR count). The van der Waals surface area contributed by atoms with Crippen molar-refractivity contribution in [1.82, 2.24) is 15.1 Å². The molecule has 1 aromatic heterocycles. The molecule has 2 aromatic rings. The number of nitrogens with zero attached hydrogens (tertiary/aromatic N) is 2. The molecule has 0 bridgehead atoms. The average Bonchev–Trinajstić information content (AvgIpc) is 3.06. The Morgan fingerprint density at radius 1 is 1.33 bits per heavy atom. The molecule has 0 aliphatic carbocycles. The number of thioether (sulfide) groups is 1. The van der Waals surface area contributed by atoms with Crippen LogP contribution < -0.4 is 5.56 Å². The lowest BCUT2D eigenvalue weighted by molar-refractivity contribution is 0.0785. The Morgan fingerprint density at radius 3 is 2.83 bits per heavy atom. The van der Waals surface area contributed by atoms with Gasteiger partial charge in [-0.1, -0.05) is 18.2 Å². The molecule has 1 fully saturated rings. The number of likely N-dealkylation sites (tertiary alicyclic amines) is 1. The molecule has 24 heavy (non-hydrogen) atoms. The lowest BCUT2D eigenvalue weighted by Crippen LogP contribution is -2.35. The molecule has 0 saturated carbocycles. The van der Waals surface area contributed by atoms with Crippen LogP contribution in [0.2, 0.25) is 0 Å². The summed E-state index contributed by atoms with van der Waals surface area (Å²) in [5.74, 6) is 1.27. The zero-order valence-corrected chi connectivity index (χ0v) is 14.7. The van der Waals surface area contributed by atoms with Gasteiger partial charge in [-0.2, -0.15) is 5.10 Å². The Balaban J connectivity index is 1.64. The van der Waals surface area contributed by atoms with Crippen molar-refractivity contribution in [1.29, 1.82) is 0 Å². The molecule has 2 heterocycles. The number of aromatic amines is 1. The molecule has 5 nitrogen and oxygen atoms in total. The number of hydrogen-bond donors (Lipinski definition) is 1. The van der Waals surface area contributed by atoms with E-state index in [1.165, 1.54) is 4.90 Å². The van der Waals surface area contributed by atoms with Crippen molar-refractivity contribution in [3.8, 4) is 0 Å². The Bertz CT molecular complexity index is 789. The molecule has 1 aliphatic heterocycles.